The van der Waals surface area contributed by atoms with E-state index < -0.39 is 43.9 Å². The monoisotopic (exact) mass is 482 g/mol. The Balaban J connectivity index is 1.52. The van der Waals surface area contributed by atoms with Gasteiger partial charge in [0.2, 0.25) is 0 Å². The fraction of sp³-hybridized carbons (Fsp3) is 0.667. The first-order valence-electron chi connectivity index (χ1n) is 10.5. The summed E-state index contributed by atoms with van der Waals surface area (Å²) in [6, 6.07) is 1.40. The second-order valence-electron chi connectivity index (χ2n) is 7.67. The fourth-order valence-corrected chi connectivity index (χ4v) is 3.64. The van der Waals surface area contributed by atoms with Crippen molar-refractivity contribution in [3.05, 3.63) is 23.5 Å². The number of ether oxygens (including phenoxy) is 2. The Morgan fingerprint density at radius 3 is 1.52 bits per heavy atom. The van der Waals surface area contributed by atoms with Gasteiger partial charge in [-0.15, -0.1) is 0 Å². The summed E-state index contributed by atoms with van der Waals surface area (Å²) in [6.07, 6.45) is -7.00. The van der Waals surface area contributed by atoms with E-state index in [-0.39, 0.29) is 11.8 Å². The first-order chi connectivity index (χ1) is 15.6. The SMILES string of the molecule is FC(F)(F)c1cc(OBOc2cc(C(F)(F)F)nn2C2CCCCO2)n(C2CCCCO2)n1. The van der Waals surface area contributed by atoms with Gasteiger partial charge in [-0.2, -0.15) is 36.5 Å². The van der Waals surface area contributed by atoms with Crippen LogP contribution in [0, 0.1) is 0 Å². The van der Waals surface area contributed by atoms with E-state index in [2.05, 4.69) is 10.2 Å². The van der Waals surface area contributed by atoms with E-state index in [1.54, 1.807) is 0 Å². The van der Waals surface area contributed by atoms with Crippen molar-refractivity contribution in [2.24, 2.45) is 0 Å². The molecule has 2 unspecified atom stereocenters. The zero-order valence-electron chi connectivity index (χ0n) is 17.4. The summed E-state index contributed by atoms with van der Waals surface area (Å²) in [5, 5.41) is 7.12. The van der Waals surface area contributed by atoms with Gasteiger partial charge in [0.1, 0.15) is 0 Å². The maximum atomic E-state index is 13.2. The van der Waals surface area contributed by atoms with Crippen LogP contribution in [0.5, 0.6) is 11.8 Å². The number of halogens is 6. The van der Waals surface area contributed by atoms with Crippen molar-refractivity contribution < 1.29 is 45.1 Å². The summed E-state index contributed by atoms with van der Waals surface area (Å²) >= 11 is 0. The number of hydrogen-bond donors (Lipinski definition) is 0. The van der Waals surface area contributed by atoms with Crippen molar-refractivity contribution in [1.29, 1.82) is 0 Å². The highest BCUT2D eigenvalue weighted by Gasteiger charge is 2.38. The molecule has 0 saturated carbocycles. The number of hydrogen-bond acceptors (Lipinski definition) is 6. The van der Waals surface area contributed by atoms with Gasteiger partial charge in [-0.1, -0.05) is 0 Å². The average molecular weight is 482 g/mol. The van der Waals surface area contributed by atoms with Crippen LogP contribution in [0.3, 0.4) is 0 Å². The molecule has 2 aromatic rings. The molecule has 0 spiro atoms. The predicted octanol–water partition coefficient (Wildman–Crippen LogP) is 4.24. The van der Waals surface area contributed by atoms with Gasteiger partial charge in [-0.05, 0) is 38.5 Å². The van der Waals surface area contributed by atoms with Crippen molar-refractivity contribution in [2.45, 2.75) is 63.3 Å². The number of rotatable bonds is 6. The molecule has 0 radical (unpaired) electrons. The van der Waals surface area contributed by atoms with E-state index in [4.69, 9.17) is 18.8 Å². The molecule has 2 aliphatic rings. The van der Waals surface area contributed by atoms with Crippen LogP contribution in [0.4, 0.5) is 26.3 Å². The minimum atomic E-state index is -4.71. The highest BCUT2D eigenvalue weighted by molar-refractivity contribution is 6.20. The summed E-state index contributed by atoms with van der Waals surface area (Å²) < 4.78 is 103. The summed E-state index contributed by atoms with van der Waals surface area (Å²) in [7, 11) is -0.675. The smallest absolute Gasteiger partial charge is 0.515 e. The molecule has 2 atom stereocenters. The molecular weight excluding hydrogens is 461 g/mol. The lowest BCUT2D eigenvalue weighted by Gasteiger charge is -2.25. The molecule has 2 saturated heterocycles. The molecule has 0 aromatic carbocycles. The molecule has 0 amide bonds. The quantitative estimate of drug-likeness (QED) is 0.453. The summed E-state index contributed by atoms with van der Waals surface area (Å²) in [6.45, 7) is 0.727. The zero-order valence-corrected chi connectivity index (χ0v) is 17.4. The largest absolute Gasteiger partial charge is 0.578 e. The van der Waals surface area contributed by atoms with E-state index in [9.17, 15) is 26.3 Å². The summed E-state index contributed by atoms with van der Waals surface area (Å²) in [4.78, 5) is 0. The van der Waals surface area contributed by atoms with Crippen LogP contribution in [0.25, 0.3) is 0 Å². The Morgan fingerprint density at radius 2 is 1.18 bits per heavy atom. The maximum Gasteiger partial charge on any atom is 0.578 e. The van der Waals surface area contributed by atoms with E-state index in [1.165, 1.54) is 0 Å². The minimum Gasteiger partial charge on any atom is -0.515 e. The first-order valence-corrected chi connectivity index (χ1v) is 10.5. The van der Waals surface area contributed by atoms with Gasteiger partial charge >= 0.3 is 20.0 Å². The lowest BCUT2D eigenvalue weighted by atomic mass is 10.2. The van der Waals surface area contributed by atoms with Crippen molar-refractivity contribution >= 4 is 7.69 Å². The van der Waals surface area contributed by atoms with Crippen molar-refractivity contribution in [2.75, 3.05) is 13.2 Å². The Morgan fingerprint density at radius 1 is 0.758 bits per heavy atom. The zero-order chi connectivity index (χ0) is 23.6. The lowest BCUT2D eigenvalue weighted by Crippen LogP contribution is -2.24. The highest BCUT2D eigenvalue weighted by atomic mass is 19.4. The Labute approximate surface area is 185 Å². The first kappa shape index (κ1) is 23.7. The van der Waals surface area contributed by atoms with Gasteiger partial charge in [0, 0.05) is 25.3 Å². The normalized spacial score (nSPS) is 22.2. The van der Waals surface area contributed by atoms with Crippen molar-refractivity contribution in [3.63, 3.8) is 0 Å². The van der Waals surface area contributed by atoms with Gasteiger partial charge < -0.3 is 18.8 Å². The molecule has 33 heavy (non-hydrogen) atoms. The topological polar surface area (TPSA) is 72.6 Å². The number of alkyl halides is 6. The molecule has 2 aromatic heterocycles. The number of nitrogens with zero attached hydrogens (tertiary/aromatic N) is 4. The lowest BCUT2D eigenvalue weighted by molar-refractivity contribution is -0.143. The molecular formula is C18H21BF6N4O4. The van der Waals surface area contributed by atoms with Crippen LogP contribution in [0.1, 0.15) is 62.4 Å². The van der Waals surface area contributed by atoms with Crippen LogP contribution in [0.15, 0.2) is 12.1 Å². The second-order valence-corrected chi connectivity index (χ2v) is 7.67. The van der Waals surface area contributed by atoms with E-state index >= 15 is 0 Å². The third-order valence-electron chi connectivity index (χ3n) is 5.25. The van der Waals surface area contributed by atoms with Crippen LogP contribution < -0.4 is 9.31 Å². The molecule has 0 N–H and O–H groups in total. The van der Waals surface area contributed by atoms with Gasteiger partial charge in [-0.3, -0.25) is 0 Å². The standard InChI is InChI=1S/C18H21BF6N4O4/c20-17(21,22)11-9-15(28(26-11)13-5-1-3-7-30-13)32-19-33-16-10-12(18(23,24)25)27-29(16)14-6-2-4-8-31-14/h9-10,13-14,19H,1-8H2. The highest BCUT2D eigenvalue weighted by Crippen LogP contribution is 2.36. The minimum absolute atomic E-state index is 0.273. The van der Waals surface area contributed by atoms with E-state index in [0.29, 0.717) is 38.2 Å². The Bertz CT molecular complexity index is 861. The maximum absolute atomic E-state index is 13.2. The van der Waals surface area contributed by atoms with Crippen LogP contribution >= 0.6 is 0 Å². The van der Waals surface area contributed by atoms with Crippen LogP contribution in [0.2, 0.25) is 0 Å². The Hall–Kier alpha value is -2.42. The van der Waals surface area contributed by atoms with Crippen molar-refractivity contribution in [3.8, 4) is 11.8 Å². The van der Waals surface area contributed by atoms with Crippen molar-refractivity contribution in [1.82, 2.24) is 19.6 Å². The molecule has 182 valence electrons. The van der Waals surface area contributed by atoms with Crippen LogP contribution in [-0.4, -0.2) is 40.5 Å². The summed E-state index contributed by atoms with van der Waals surface area (Å²) in [5.41, 5.74) is -2.35. The van der Waals surface area contributed by atoms with Gasteiger partial charge in [0.15, 0.2) is 35.6 Å². The molecule has 2 aliphatic heterocycles. The third kappa shape index (κ3) is 5.57. The van der Waals surface area contributed by atoms with Crippen LogP contribution in [-0.2, 0) is 21.8 Å². The fourth-order valence-electron chi connectivity index (χ4n) is 3.64. The molecule has 0 aliphatic carbocycles. The number of aromatic nitrogens is 4. The van der Waals surface area contributed by atoms with E-state index in [0.717, 1.165) is 35.0 Å². The molecule has 8 nitrogen and oxygen atoms in total. The second kappa shape index (κ2) is 9.45. The molecule has 15 heteroatoms. The molecule has 4 heterocycles. The Kier molecular flexibility index (Phi) is 6.79. The molecule has 2 fully saturated rings. The third-order valence-corrected chi connectivity index (χ3v) is 5.25. The molecule has 0 bridgehead atoms. The van der Waals surface area contributed by atoms with E-state index in [1.807, 2.05) is 0 Å². The summed E-state index contributed by atoms with van der Waals surface area (Å²) in [5.74, 6) is -0.546. The van der Waals surface area contributed by atoms with Gasteiger partial charge in [-0.25, -0.2) is 9.36 Å². The average Bonchev–Trinajstić information content (AvgIpc) is 3.40. The molecule has 4 rings (SSSR count). The van der Waals surface area contributed by atoms with Gasteiger partial charge in [0.05, 0.1) is 0 Å². The van der Waals surface area contributed by atoms with Gasteiger partial charge in [0.25, 0.3) is 0 Å². The predicted molar refractivity (Wildman–Crippen MR) is 101 cm³/mol.